The van der Waals surface area contributed by atoms with Crippen LogP contribution in [0.4, 0.5) is 17.2 Å². The van der Waals surface area contributed by atoms with E-state index in [0.717, 1.165) is 28.2 Å². The summed E-state index contributed by atoms with van der Waals surface area (Å²) >= 11 is 0. The van der Waals surface area contributed by atoms with Gasteiger partial charge in [-0.05, 0) is 37.3 Å². The summed E-state index contributed by atoms with van der Waals surface area (Å²) in [4.78, 5) is 21.2. The lowest BCUT2D eigenvalue weighted by molar-refractivity contribution is 0.102. The van der Waals surface area contributed by atoms with Crippen molar-refractivity contribution in [1.82, 2.24) is 9.97 Å². The third kappa shape index (κ3) is 4.65. The fourth-order valence-corrected chi connectivity index (χ4v) is 2.92. The molecule has 29 heavy (non-hydrogen) atoms. The van der Waals surface area contributed by atoms with E-state index in [2.05, 4.69) is 20.6 Å². The van der Waals surface area contributed by atoms with Crippen molar-refractivity contribution in [2.24, 2.45) is 0 Å². The molecule has 4 rings (SSSR count). The SMILES string of the molecule is Cc1ccc(NC(=O)c2cccc(Nc3cc(-c4ccccc4)ncn3)c2)cc1. The largest absolute Gasteiger partial charge is 0.340 e. The molecule has 3 aromatic carbocycles. The van der Waals surface area contributed by atoms with Gasteiger partial charge in [0.05, 0.1) is 5.69 Å². The first-order chi connectivity index (χ1) is 14.2. The second kappa shape index (κ2) is 8.35. The number of aromatic nitrogens is 2. The molecule has 142 valence electrons. The number of amides is 1. The molecule has 1 aromatic heterocycles. The monoisotopic (exact) mass is 380 g/mol. The van der Waals surface area contributed by atoms with Gasteiger partial charge in [-0.1, -0.05) is 54.1 Å². The normalized spacial score (nSPS) is 10.4. The Balaban J connectivity index is 1.50. The maximum atomic E-state index is 12.6. The summed E-state index contributed by atoms with van der Waals surface area (Å²) in [6, 6.07) is 26.8. The number of rotatable bonds is 5. The highest BCUT2D eigenvalue weighted by Gasteiger charge is 2.08. The Morgan fingerprint density at radius 2 is 1.59 bits per heavy atom. The van der Waals surface area contributed by atoms with Gasteiger partial charge in [-0.2, -0.15) is 0 Å². The Labute approximate surface area is 169 Å². The molecule has 1 heterocycles. The average molecular weight is 380 g/mol. The Bertz CT molecular complexity index is 1120. The summed E-state index contributed by atoms with van der Waals surface area (Å²) < 4.78 is 0. The first kappa shape index (κ1) is 18.4. The van der Waals surface area contributed by atoms with Crippen molar-refractivity contribution >= 4 is 23.1 Å². The number of hydrogen-bond donors (Lipinski definition) is 2. The number of nitrogens with zero attached hydrogens (tertiary/aromatic N) is 2. The highest BCUT2D eigenvalue weighted by molar-refractivity contribution is 6.04. The van der Waals surface area contributed by atoms with Crippen LogP contribution in [0.1, 0.15) is 15.9 Å². The lowest BCUT2D eigenvalue weighted by Gasteiger charge is -2.10. The third-order valence-electron chi connectivity index (χ3n) is 4.44. The van der Waals surface area contributed by atoms with Gasteiger partial charge >= 0.3 is 0 Å². The molecule has 0 bridgehead atoms. The number of aryl methyl sites for hydroxylation is 1. The second-order valence-electron chi connectivity index (χ2n) is 6.68. The van der Waals surface area contributed by atoms with Crippen molar-refractivity contribution in [3.63, 3.8) is 0 Å². The van der Waals surface area contributed by atoms with Crippen molar-refractivity contribution in [2.45, 2.75) is 6.92 Å². The van der Waals surface area contributed by atoms with Gasteiger partial charge in [0.2, 0.25) is 0 Å². The molecule has 0 radical (unpaired) electrons. The van der Waals surface area contributed by atoms with Crippen molar-refractivity contribution in [3.8, 4) is 11.3 Å². The molecule has 0 spiro atoms. The van der Waals surface area contributed by atoms with Gasteiger partial charge in [0.25, 0.3) is 5.91 Å². The van der Waals surface area contributed by atoms with E-state index >= 15 is 0 Å². The maximum Gasteiger partial charge on any atom is 0.255 e. The van der Waals surface area contributed by atoms with E-state index in [1.165, 1.54) is 6.33 Å². The predicted molar refractivity (Wildman–Crippen MR) is 116 cm³/mol. The molecule has 0 fully saturated rings. The van der Waals surface area contributed by atoms with E-state index in [-0.39, 0.29) is 5.91 Å². The number of carbonyl (C=O) groups is 1. The van der Waals surface area contributed by atoms with E-state index < -0.39 is 0 Å². The van der Waals surface area contributed by atoms with Gasteiger partial charge in [-0.15, -0.1) is 0 Å². The Hall–Kier alpha value is -3.99. The summed E-state index contributed by atoms with van der Waals surface area (Å²) in [7, 11) is 0. The van der Waals surface area contributed by atoms with E-state index in [1.54, 1.807) is 12.1 Å². The number of anilines is 3. The number of carbonyl (C=O) groups excluding carboxylic acids is 1. The molecule has 2 N–H and O–H groups in total. The lowest BCUT2D eigenvalue weighted by Crippen LogP contribution is -2.12. The Morgan fingerprint density at radius 3 is 2.38 bits per heavy atom. The van der Waals surface area contributed by atoms with Crippen LogP contribution >= 0.6 is 0 Å². The Morgan fingerprint density at radius 1 is 0.793 bits per heavy atom. The highest BCUT2D eigenvalue weighted by atomic mass is 16.1. The number of benzene rings is 3. The van der Waals surface area contributed by atoms with Gasteiger partial charge in [0, 0.05) is 28.6 Å². The molecule has 0 aliphatic rings. The zero-order chi connectivity index (χ0) is 20.1. The molecule has 5 nitrogen and oxygen atoms in total. The molecule has 1 amide bonds. The third-order valence-corrected chi connectivity index (χ3v) is 4.44. The van der Waals surface area contributed by atoms with Gasteiger partial charge in [0.1, 0.15) is 12.1 Å². The van der Waals surface area contributed by atoms with E-state index in [4.69, 9.17) is 0 Å². The molecule has 0 aliphatic carbocycles. The highest BCUT2D eigenvalue weighted by Crippen LogP contribution is 2.21. The molecule has 0 atom stereocenters. The van der Waals surface area contributed by atoms with Crippen LogP contribution in [0.15, 0.2) is 91.3 Å². The lowest BCUT2D eigenvalue weighted by atomic mass is 10.1. The fraction of sp³-hybridized carbons (Fsp3) is 0.0417. The summed E-state index contributed by atoms with van der Waals surface area (Å²) in [6.45, 7) is 2.01. The van der Waals surface area contributed by atoms with Crippen LogP contribution in [-0.2, 0) is 0 Å². The molecular weight excluding hydrogens is 360 g/mol. The standard InChI is InChI=1S/C24H20N4O/c1-17-10-12-20(13-11-17)28-24(29)19-8-5-9-21(14-19)27-23-15-22(25-16-26-23)18-6-3-2-4-7-18/h2-16H,1H3,(H,28,29)(H,25,26,27). The molecule has 0 saturated heterocycles. The first-order valence-electron chi connectivity index (χ1n) is 9.30. The van der Waals surface area contributed by atoms with Crippen LogP contribution in [0.25, 0.3) is 11.3 Å². The topological polar surface area (TPSA) is 66.9 Å². The minimum atomic E-state index is -0.162. The van der Waals surface area contributed by atoms with Crippen LogP contribution in [0.2, 0.25) is 0 Å². The minimum absolute atomic E-state index is 0.162. The molecule has 4 aromatic rings. The summed E-state index contributed by atoms with van der Waals surface area (Å²) in [5, 5.41) is 6.16. The molecule has 0 saturated carbocycles. The zero-order valence-electron chi connectivity index (χ0n) is 16.0. The maximum absolute atomic E-state index is 12.6. The van der Waals surface area contributed by atoms with Gasteiger partial charge in [-0.3, -0.25) is 4.79 Å². The van der Waals surface area contributed by atoms with Crippen molar-refractivity contribution in [3.05, 3.63) is 102 Å². The predicted octanol–water partition coefficient (Wildman–Crippen LogP) is 5.45. The fourth-order valence-electron chi connectivity index (χ4n) is 2.92. The summed E-state index contributed by atoms with van der Waals surface area (Å²) in [5.74, 6) is 0.500. The van der Waals surface area contributed by atoms with Crippen molar-refractivity contribution in [2.75, 3.05) is 10.6 Å². The average Bonchev–Trinajstić information content (AvgIpc) is 2.76. The smallest absolute Gasteiger partial charge is 0.255 e. The van der Waals surface area contributed by atoms with E-state index in [1.807, 2.05) is 79.7 Å². The van der Waals surface area contributed by atoms with Crippen molar-refractivity contribution < 1.29 is 4.79 Å². The molecule has 0 aliphatic heterocycles. The minimum Gasteiger partial charge on any atom is -0.340 e. The quantitative estimate of drug-likeness (QED) is 0.483. The van der Waals surface area contributed by atoms with Crippen LogP contribution in [0.5, 0.6) is 0 Å². The summed E-state index contributed by atoms with van der Waals surface area (Å²) in [6.07, 6.45) is 1.53. The van der Waals surface area contributed by atoms with E-state index in [9.17, 15) is 4.79 Å². The van der Waals surface area contributed by atoms with Crippen LogP contribution in [-0.4, -0.2) is 15.9 Å². The van der Waals surface area contributed by atoms with Gasteiger partial charge in [0.15, 0.2) is 0 Å². The second-order valence-corrected chi connectivity index (χ2v) is 6.68. The zero-order valence-corrected chi connectivity index (χ0v) is 16.0. The molecule has 0 unspecified atom stereocenters. The van der Waals surface area contributed by atoms with Crippen LogP contribution in [0, 0.1) is 6.92 Å². The van der Waals surface area contributed by atoms with Gasteiger partial charge < -0.3 is 10.6 Å². The van der Waals surface area contributed by atoms with Crippen molar-refractivity contribution in [1.29, 1.82) is 0 Å². The summed E-state index contributed by atoms with van der Waals surface area (Å²) in [5.41, 5.74) is 5.10. The van der Waals surface area contributed by atoms with Crippen LogP contribution in [0.3, 0.4) is 0 Å². The number of hydrogen-bond acceptors (Lipinski definition) is 4. The Kier molecular flexibility index (Phi) is 5.29. The van der Waals surface area contributed by atoms with Gasteiger partial charge in [-0.25, -0.2) is 9.97 Å². The van der Waals surface area contributed by atoms with E-state index in [0.29, 0.717) is 11.4 Å². The molecular formula is C24H20N4O. The molecule has 5 heteroatoms. The first-order valence-corrected chi connectivity index (χ1v) is 9.30. The van der Waals surface area contributed by atoms with Crippen LogP contribution < -0.4 is 10.6 Å². The number of nitrogens with one attached hydrogen (secondary N) is 2.